The Balaban J connectivity index is 1.90. The molecule has 0 spiro atoms. The van der Waals surface area contributed by atoms with Crippen LogP contribution in [0.25, 0.3) is 0 Å². The number of benzene rings is 1. The molecule has 0 aliphatic rings. The Morgan fingerprint density at radius 3 is 2.67 bits per heavy atom. The van der Waals surface area contributed by atoms with Crippen molar-refractivity contribution in [1.29, 1.82) is 0 Å². The van der Waals surface area contributed by atoms with Gasteiger partial charge in [0.2, 0.25) is 0 Å². The van der Waals surface area contributed by atoms with E-state index in [2.05, 4.69) is 9.97 Å². The fourth-order valence-corrected chi connectivity index (χ4v) is 2.68. The fraction of sp³-hybridized carbons (Fsp3) is 0.286. The van der Waals surface area contributed by atoms with Crippen LogP contribution < -0.4 is 0 Å². The van der Waals surface area contributed by atoms with Crippen LogP contribution in [0, 0.1) is 0 Å². The molecule has 1 unspecified atom stereocenters. The number of nitrogens with zero attached hydrogens (tertiary/aromatic N) is 2. The summed E-state index contributed by atoms with van der Waals surface area (Å²) >= 11 is 1.67. The Kier molecular flexibility index (Phi) is 4.33. The average molecular weight is 260 g/mol. The maximum absolute atomic E-state index is 10.4. The zero-order valence-electron chi connectivity index (χ0n) is 10.3. The van der Waals surface area contributed by atoms with Gasteiger partial charge in [0.1, 0.15) is 6.33 Å². The summed E-state index contributed by atoms with van der Waals surface area (Å²) in [5.74, 6) is 1.42. The van der Waals surface area contributed by atoms with Gasteiger partial charge < -0.3 is 5.11 Å². The number of thioether (sulfide) groups is 1. The van der Waals surface area contributed by atoms with Gasteiger partial charge in [-0.05, 0) is 18.6 Å². The highest BCUT2D eigenvalue weighted by Crippen LogP contribution is 2.26. The monoisotopic (exact) mass is 260 g/mol. The third-order valence-corrected chi connectivity index (χ3v) is 3.94. The summed E-state index contributed by atoms with van der Waals surface area (Å²) in [6.45, 7) is 1.84. The largest absolute Gasteiger partial charge is 0.385 e. The van der Waals surface area contributed by atoms with Crippen molar-refractivity contribution in [2.24, 2.45) is 0 Å². The summed E-state index contributed by atoms with van der Waals surface area (Å²) in [5, 5.41) is 10.4. The van der Waals surface area contributed by atoms with Gasteiger partial charge in [-0.3, -0.25) is 0 Å². The van der Waals surface area contributed by atoms with E-state index in [1.54, 1.807) is 24.3 Å². The zero-order valence-corrected chi connectivity index (χ0v) is 11.1. The number of aromatic nitrogens is 2. The minimum atomic E-state index is -0.807. The first kappa shape index (κ1) is 13.1. The van der Waals surface area contributed by atoms with Gasteiger partial charge in [-0.1, -0.05) is 30.3 Å². The molecule has 0 saturated carbocycles. The van der Waals surface area contributed by atoms with Crippen LogP contribution in [0.2, 0.25) is 0 Å². The van der Waals surface area contributed by atoms with Gasteiger partial charge in [-0.15, -0.1) is 0 Å². The molecule has 0 amide bonds. The van der Waals surface area contributed by atoms with Crippen LogP contribution in [0.1, 0.15) is 18.2 Å². The number of hydrogen-bond donors (Lipinski definition) is 1. The van der Waals surface area contributed by atoms with Crippen LogP contribution in [0.15, 0.2) is 48.9 Å². The first-order chi connectivity index (χ1) is 8.68. The van der Waals surface area contributed by atoms with Gasteiger partial charge in [-0.2, -0.15) is 11.8 Å². The zero-order chi connectivity index (χ0) is 12.8. The average Bonchev–Trinajstić information content (AvgIpc) is 2.41. The van der Waals surface area contributed by atoms with Crippen molar-refractivity contribution in [1.82, 2.24) is 9.97 Å². The number of hydrogen-bond acceptors (Lipinski definition) is 4. The highest BCUT2D eigenvalue weighted by atomic mass is 32.2. The minimum Gasteiger partial charge on any atom is -0.385 e. The molecule has 2 rings (SSSR count). The van der Waals surface area contributed by atoms with Crippen molar-refractivity contribution in [3.63, 3.8) is 0 Å². The smallest absolute Gasteiger partial charge is 0.115 e. The van der Waals surface area contributed by atoms with Gasteiger partial charge in [0, 0.05) is 17.7 Å². The van der Waals surface area contributed by atoms with Crippen molar-refractivity contribution in [3.8, 4) is 0 Å². The van der Waals surface area contributed by atoms with E-state index in [-0.39, 0.29) is 0 Å². The first-order valence-corrected chi connectivity index (χ1v) is 6.94. The Hall–Kier alpha value is -1.39. The highest BCUT2D eigenvalue weighted by molar-refractivity contribution is 7.98. The standard InChI is InChI=1S/C14H16N2OS/c1-14(17,12-5-3-2-4-6-12)10-18-9-13-7-8-15-11-16-13/h2-8,11,17H,9-10H2,1H3. The lowest BCUT2D eigenvalue weighted by atomic mass is 9.99. The summed E-state index contributed by atoms with van der Waals surface area (Å²) in [5.41, 5.74) is 1.12. The molecule has 3 nitrogen and oxygen atoms in total. The maximum Gasteiger partial charge on any atom is 0.115 e. The van der Waals surface area contributed by atoms with Crippen LogP contribution >= 0.6 is 11.8 Å². The van der Waals surface area contributed by atoms with E-state index in [1.165, 1.54) is 0 Å². The summed E-state index contributed by atoms with van der Waals surface area (Å²) in [6, 6.07) is 11.6. The first-order valence-electron chi connectivity index (χ1n) is 5.79. The van der Waals surface area contributed by atoms with Crippen molar-refractivity contribution < 1.29 is 5.11 Å². The van der Waals surface area contributed by atoms with Crippen LogP contribution in [-0.4, -0.2) is 20.8 Å². The predicted molar refractivity (Wildman–Crippen MR) is 74.2 cm³/mol. The van der Waals surface area contributed by atoms with Crippen LogP contribution in [0.3, 0.4) is 0 Å². The molecule has 1 heterocycles. The summed E-state index contributed by atoms with van der Waals surface area (Å²) in [6.07, 6.45) is 3.28. The van der Waals surface area contributed by atoms with E-state index < -0.39 is 5.60 Å². The Morgan fingerprint density at radius 1 is 1.22 bits per heavy atom. The summed E-state index contributed by atoms with van der Waals surface area (Å²) in [4.78, 5) is 8.04. The molecule has 0 aliphatic carbocycles. The maximum atomic E-state index is 10.4. The van der Waals surface area contributed by atoms with Gasteiger partial charge in [0.15, 0.2) is 0 Å². The summed E-state index contributed by atoms with van der Waals surface area (Å²) < 4.78 is 0. The lowest BCUT2D eigenvalue weighted by Gasteiger charge is -2.23. The Morgan fingerprint density at radius 2 is 2.00 bits per heavy atom. The fourth-order valence-electron chi connectivity index (χ4n) is 1.64. The molecule has 0 saturated heterocycles. The third-order valence-electron chi connectivity index (χ3n) is 2.67. The third kappa shape index (κ3) is 3.55. The quantitative estimate of drug-likeness (QED) is 0.897. The van der Waals surface area contributed by atoms with Crippen molar-refractivity contribution in [2.45, 2.75) is 18.3 Å². The topological polar surface area (TPSA) is 46.0 Å². The molecular weight excluding hydrogens is 244 g/mol. The molecule has 1 atom stereocenters. The van der Waals surface area contributed by atoms with Gasteiger partial charge in [-0.25, -0.2) is 9.97 Å². The van der Waals surface area contributed by atoms with Gasteiger partial charge in [0.05, 0.1) is 11.3 Å². The highest BCUT2D eigenvalue weighted by Gasteiger charge is 2.22. The summed E-state index contributed by atoms with van der Waals surface area (Å²) in [7, 11) is 0. The van der Waals surface area contributed by atoms with Crippen molar-refractivity contribution in [3.05, 3.63) is 60.2 Å². The lowest BCUT2D eigenvalue weighted by Crippen LogP contribution is -2.24. The van der Waals surface area contributed by atoms with E-state index in [0.717, 1.165) is 17.0 Å². The Bertz CT molecular complexity index is 474. The second-order valence-electron chi connectivity index (χ2n) is 4.33. The second kappa shape index (κ2) is 5.98. The van der Waals surface area contributed by atoms with E-state index >= 15 is 0 Å². The normalized spacial score (nSPS) is 14.1. The van der Waals surface area contributed by atoms with Crippen LogP contribution in [0.4, 0.5) is 0 Å². The number of rotatable bonds is 5. The molecule has 1 aromatic heterocycles. The SMILES string of the molecule is CC(O)(CSCc1ccncn1)c1ccccc1. The van der Waals surface area contributed by atoms with Crippen molar-refractivity contribution >= 4 is 11.8 Å². The van der Waals surface area contributed by atoms with Crippen molar-refractivity contribution in [2.75, 3.05) is 5.75 Å². The molecule has 2 aromatic rings. The van der Waals surface area contributed by atoms with Crippen LogP contribution in [-0.2, 0) is 11.4 Å². The molecule has 1 N–H and O–H groups in total. The molecule has 94 valence electrons. The molecule has 0 radical (unpaired) electrons. The molecule has 0 aliphatic heterocycles. The van der Waals surface area contributed by atoms with Gasteiger partial charge >= 0.3 is 0 Å². The van der Waals surface area contributed by atoms with Crippen LogP contribution in [0.5, 0.6) is 0 Å². The molecule has 1 aromatic carbocycles. The predicted octanol–water partition coefficient (Wildman–Crippen LogP) is 2.62. The van der Waals surface area contributed by atoms with E-state index in [9.17, 15) is 5.11 Å². The van der Waals surface area contributed by atoms with E-state index in [1.807, 2.05) is 43.3 Å². The second-order valence-corrected chi connectivity index (χ2v) is 5.32. The molecule has 0 fully saturated rings. The molecular formula is C14H16N2OS. The van der Waals surface area contributed by atoms with E-state index in [4.69, 9.17) is 0 Å². The molecule has 4 heteroatoms. The molecule has 18 heavy (non-hydrogen) atoms. The molecule has 0 bridgehead atoms. The van der Waals surface area contributed by atoms with Gasteiger partial charge in [0.25, 0.3) is 0 Å². The lowest BCUT2D eigenvalue weighted by molar-refractivity contribution is 0.0839. The minimum absolute atomic E-state index is 0.640. The van der Waals surface area contributed by atoms with E-state index in [0.29, 0.717) is 5.75 Å². The Labute approximate surface area is 111 Å². The number of aliphatic hydroxyl groups is 1.